The number of benzene rings is 2. The second kappa shape index (κ2) is 9.39. The van der Waals surface area contributed by atoms with Crippen LogP contribution in [-0.4, -0.2) is 42.8 Å². The lowest BCUT2D eigenvalue weighted by molar-refractivity contribution is -0.137. The summed E-state index contributed by atoms with van der Waals surface area (Å²) in [4.78, 5) is 49.8. The van der Waals surface area contributed by atoms with Crippen molar-refractivity contribution in [3.05, 3.63) is 72.1 Å². The zero-order valence-corrected chi connectivity index (χ0v) is 18.5. The summed E-state index contributed by atoms with van der Waals surface area (Å²) in [7, 11) is 2.68. The summed E-state index contributed by atoms with van der Waals surface area (Å²) in [6.07, 6.45) is 0. The van der Waals surface area contributed by atoms with Crippen LogP contribution in [0.5, 0.6) is 5.75 Å². The minimum Gasteiger partial charge on any atom is -0.497 e. The van der Waals surface area contributed by atoms with E-state index in [-0.39, 0.29) is 23.8 Å². The highest BCUT2D eigenvalue weighted by Crippen LogP contribution is 2.36. The first kappa shape index (κ1) is 23.3. The summed E-state index contributed by atoms with van der Waals surface area (Å²) in [5.41, 5.74) is 2.69. The van der Waals surface area contributed by atoms with Crippen molar-refractivity contribution in [2.24, 2.45) is 0 Å². The van der Waals surface area contributed by atoms with E-state index in [4.69, 9.17) is 4.74 Å². The fourth-order valence-electron chi connectivity index (χ4n) is 3.48. The molecule has 1 aliphatic heterocycles. The molecule has 3 rings (SSSR count). The fraction of sp³-hybridized carbons (Fsp3) is 0.167. The zero-order chi connectivity index (χ0) is 24.3. The van der Waals surface area contributed by atoms with Gasteiger partial charge < -0.3 is 20.1 Å². The molecule has 0 spiro atoms. The Balaban J connectivity index is 1.93. The number of carbonyl (C=O) groups is 4. The van der Waals surface area contributed by atoms with E-state index in [1.807, 2.05) is 6.07 Å². The normalized spacial score (nSPS) is 12.0. The predicted molar refractivity (Wildman–Crippen MR) is 121 cm³/mol. The van der Waals surface area contributed by atoms with Crippen LogP contribution in [-0.2, 0) is 25.7 Å². The summed E-state index contributed by atoms with van der Waals surface area (Å²) in [6, 6.07) is 10.5. The molecule has 0 unspecified atom stereocenters. The van der Waals surface area contributed by atoms with Crippen molar-refractivity contribution in [1.82, 2.24) is 10.2 Å². The third-order valence-electron chi connectivity index (χ3n) is 5.03. The molecule has 3 amide bonds. The molecule has 2 N–H and O–H groups in total. The topological polar surface area (TPSA) is 114 Å². The molecular formula is C24H23N3O6. The Bertz CT molecular complexity index is 1200. The second-order valence-electron chi connectivity index (χ2n) is 7.23. The third kappa shape index (κ3) is 4.77. The molecule has 0 aromatic heterocycles. The van der Waals surface area contributed by atoms with E-state index in [0.717, 1.165) is 18.2 Å². The van der Waals surface area contributed by atoms with E-state index in [1.54, 1.807) is 30.3 Å². The van der Waals surface area contributed by atoms with Gasteiger partial charge in [0.2, 0.25) is 5.91 Å². The van der Waals surface area contributed by atoms with Crippen molar-refractivity contribution in [2.45, 2.75) is 13.5 Å². The van der Waals surface area contributed by atoms with Crippen LogP contribution in [0, 0.1) is 0 Å². The van der Waals surface area contributed by atoms with Crippen molar-refractivity contribution in [3.63, 3.8) is 0 Å². The van der Waals surface area contributed by atoms with E-state index in [0.29, 0.717) is 22.6 Å². The highest BCUT2D eigenvalue weighted by atomic mass is 16.5. The highest BCUT2D eigenvalue weighted by Gasteiger charge is 2.33. The number of rotatable bonds is 7. The highest BCUT2D eigenvalue weighted by molar-refractivity contribution is 6.08. The Hall–Kier alpha value is -4.40. The molecule has 0 fully saturated rings. The molecule has 0 aliphatic carbocycles. The van der Waals surface area contributed by atoms with Gasteiger partial charge in [-0.2, -0.15) is 0 Å². The van der Waals surface area contributed by atoms with Gasteiger partial charge in [-0.3, -0.25) is 19.3 Å². The molecule has 2 aromatic carbocycles. The first-order valence-corrected chi connectivity index (χ1v) is 9.84. The minimum absolute atomic E-state index is 0.0912. The lowest BCUT2D eigenvalue weighted by Gasteiger charge is -2.18. The average Bonchev–Trinajstić information content (AvgIpc) is 3.13. The van der Waals surface area contributed by atoms with E-state index in [1.165, 1.54) is 18.9 Å². The molecule has 0 atom stereocenters. The summed E-state index contributed by atoms with van der Waals surface area (Å²) < 4.78 is 9.86. The number of amides is 3. The van der Waals surface area contributed by atoms with Crippen molar-refractivity contribution < 1.29 is 28.7 Å². The second-order valence-corrected chi connectivity index (χ2v) is 7.23. The maximum Gasteiger partial charge on any atom is 0.353 e. The lowest BCUT2D eigenvalue weighted by Crippen LogP contribution is -2.36. The number of anilines is 1. The van der Waals surface area contributed by atoms with Gasteiger partial charge in [-0.25, -0.2) is 4.79 Å². The van der Waals surface area contributed by atoms with Gasteiger partial charge in [0.05, 0.1) is 20.8 Å². The predicted octanol–water partition coefficient (Wildman–Crippen LogP) is 2.59. The SMILES string of the molecule is C=C(NC(=O)C(=C)N1Cc2c(cccc2-c2cc(NC(C)=O)cc(OC)c2)C1=O)C(=O)OC. The molecule has 0 radical (unpaired) electrons. The smallest absolute Gasteiger partial charge is 0.353 e. The quantitative estimate of drug-likeness (QED) is 0.496. The number of nitrogens with one attached hydrogen (secondary N) is 2. The van der Waals surface area contributed by atoms with Crippen LogP contribution >= 0.6 is 0 Å². The van der Waals surface area contributed by atoms with Crippen molar-refractivity contribution in [1.29, 1.82) is 0 Å². The zero-order valence-electron chi connectivity index (χ0n) is 18.5. The Kier molecular flexibility index (Phi) is 6.62. The average molecular weight is 449 g/mol. The Labute approximate surface area is 190 Å². The maximum atomic E-state index is 13.0. The van der Waals surface area contributed by atoms with Crippen molar-refractivity contribution >= 4 is 29.4 Å². The summed E-state index contributed by atoms with van der Waals surface area (Å²) >= 11 is 0. The Morgan fingerprint density at radius 2 is 1.76 bits per heavy atom. The minimum atomic E-state index is -0.803. The van der Waals surface area contributed by atoms with E-state index in [2.05, 4.69) is 28.5 Å². The van der Waals surface area contributed by atoms with Crippen LogP contribution in [0.2, 0.25) is 0 Å². The molecule has 0 bridgehead atoms. The number of hydrogen-bond donors (Lipinski definition) is 2. The van der Waals surface area contributed by atoms with Crippen LogP contribution < -0.4 is 15.4 Å². The fourth-order valence-corrected chi connectivity index (χ4v) is 3.48. The van der Waals surface area contributed by atoms with E-state index < -0.39 is 17.8 Å². The summed E-state index contributed by atoms with van der Waals surface area (Å²) in [5.74, 6) is -1.66. The number of ether oxygens (including phenoxy) is 2. The number of esters is 1. The first-order valence-electron chi connectivity index (χ1n) is 9.84. The van der Waals surface area contributed by atoms with Gasteiger partial charge in [-0.05, 0) is 34.9 Å². The number of carbonyl (C=O) groups excluding carboxylic acids is 4. The Morgan fingerprint density at radius 3 is 2.39 bits per heavy atom. The maximum absolute atomic E-state index is 13.0. The molecule has 33 heavy (non-hydrogen) atoms. The van der Waals surface area contributed by atoms with Crippen LogP contribution in [0.15, 0.2) is 61.0 Å². The van der Waals surface area contributed by atoms with Crippen LogP contribution in [0.25, 0.3) is 11.1 Å². The number of fused-ring (bicyclic) bond motifs is 1. The number of nitrogens with zero attached hydrogens (tertiary/aromatic N) is 1. The van der Waals surface area contributed by atoms with Gasteiger partial charge in [0.1, 0.15) is 17.1 Å². The van der Waals surface area contributed by atoms with Gasteiger partial charge in [-0.15, -0.1) is 0 Å². The standard InChI is InChI=1S/C24H23N3O6/c1-13(24(31)33-5)25-22(29)14(2)27-12-21-19(7-6-8-20(21)23(27)30)16-9-17(26-15(3)28)11-18(10-16)32-4/h6-11H,1-2,12H2,3-5H3,(H,25,29)(H,26,28). The van der Waals surface area contributed by atoms with Gasteiger partial charge in [-0.1, -0.05) is 25.3 Å². The lowest BCUT2D eigenvalue weighted by atomic mass is 9.96. The first-order chi connectivity index (χ1) is 15.7. The molecule has 9 nitrogen and oxygen atoms in total. The Morgan fingerprint density at radius 1 is 1.06 bits per heavy atom. The molecule has 2 aromatic rings. The van der Waals surface area contributed by atoms with Gasteiger partial charge in [0.15, 0.2) is 0 Å². The van der Waals surface area contributed by atoms with Crippen molar-refractivity contribution in [2.75, 3.05) is 19.5 Å². The molecule has 9 heteroatoms. The summed E-state index contributed by atoms with van der Waals surface area (Å²) in [5, 5.41) is 5.01. The monoisotopic (exact) mass is 449 g/mol. The van der Waals surface area contributed by atoms with E-state index in [9.17, 15) is 19.2 Å². The van der Waals surface area contributed by atoms with Gasteiger partial charge in [0.25, 0.3) is 11.8 Å². The number of hydrogen-bond acceptors (Lipinski definition) is 6. The largest absolute Gasteiger partial charge is 0.497 e. The van der Waals surface area contributed by atoms with Gasteiger partial charge >= 0.3 is 5.97 Å². The van der Waals surface area contributed by atoms with E-state index >= 15 is 0 Å². The summed E-state index contributed by atoms with van der Waals surface area (Å²) in [6.45, 7) is 8.65. The molecule has 170 valence electrons. The molecular weight excluding hydrogens is 426 g/mol. The van der Waals surface area contributed by atoms with Crippen LogP contribution in [0.3, 0.4) is 0 Å². The van der Waals surface area contributed by atoms with Crippen LogP contribution in [0.4, 0.5) is 5.69 Å². The molecule has 1 aliphatic rings. The molecule has 0 saturated heterocycles. The molecule has 0 saturated carbocycles. The molecule has 1 heterocycles. The number of methoxy groups -OCH3 is 2. The van der Waals surface area contributed by atoms with Crippen molar-refractivity contribution in [3.8, 4) is 16.9 Å². The van der Waals surface area contributed by atoms with Gasteiger partial charge in [0, 0.05) is 24.2 Å². The third-order valence-corrected chi connectivity index (χ3v) is 5.03. The van der Waals surface area contributed by atoms with Crippen LogP contribution in [0.1, 0.15) is 22.8 Å².